The van der Waals surface area contributed by atoms with Gasteiger partial charge in [0.1, 0.15) is 6.54 Å². The summed E-state index contributed by atoms with van der Waals surface area (Å²) >= 11 is 0. The molecule has 6 nitrogen and oxygen atoms in total. The number of hydrogen-bond donors (Lipinski definition) is 2. The summed E-state index contributed by atoms with van der Waals surface area (Å²) in [6, 6.07) is -0.243. The summed E-state index contributed by atoms with van der Waals surface area (Å²) in [7, 11) is 0. The third kappa shape index (κ3) is 11.2. The van der Waals surface area contributed by atoms with Gasteiger partial charge < -0.3 is 14.7 Å². The van der Waals surface area contributed by atoms with Crippen LogP contribution in [0.4, 0.5) is 4.79 Å². The largest absolute Gasteiger partial charge is 0.396 e. The maximum atomic E-state index is 11.9. The van der Waals surface area contributed by atoms with E-state index in [9.17, 15) is 9.59 Å². The first-order chi connectivity index (χ1) is 16.8. The first-order valence-corrected chi connectivity index (χ1v) is 14.6. The van der Waals surface area contributed by atoms with Crippen molar-refractivity contribution in [2.45, 2.75) is 125 Å². The molecule has 0 bridgehead atoms. The van der Waals surface area contributed by atoms with Gasteiger partial charge >= 0.3 is 6.03 Å². The molecule has 0 aliphatic carbocycles. The van der Waals surface area contributed by atoms with Crippen molar-refractivity contribution >= 4 is 11.9 Å². The number of carbonyl (C=O) groups excluding carboxylic acids is 2. The zero-order valence-electron chi connectivity index (χ0n) is 23.6. The molecule has 0 aromatic carbocycles. The van der Waals surface area contributed by atoms with E-state index in [1.54, 1.807) is 4.90 Å². The number of urea groups is 1. The zero-order chi connectivity index (χ0) is 26.2. The van der Waals surface area contributed by atoms with Gasteiger partial charge in [-0.3, -0.25) is 10.1 Å². The van der Waals surface area contributed by atoms with E-state index in [0.717, 1.165) is 64.6 Å². The highest BCUT2D eigenvalue weighted by Gasteiger charge is 2.33. The molecule has 1 rings (SSSR count). The lowest BCUT2D eigenvalue weighted by atomic mass is 9.69. The topological polar surface area (TPSA) is 78.9 Å². The molecule has 1 aliphatic heterocycles. The zero-order valence-corrected chi connectivity index (χ0v) is 23.6. The Hall–Kier alpha value is -1.14. The molecule has 1 aliphatic rings. The van der Waals surface area contributed by atoms with Gasteiger partial charge in [0.15, 0.2) is 0 Å². The highest BCUT2D eigenvalue weighted by molar-refractivity contribution is 6.01. The average Bonchev–Trinajstić information content (AvgIpc) is 3.19. The van der Waals surface area contributed by atoms with E-state index in [2.05, 4.69) is 39.9 Å². The summed E-state index contributed by atoms with van der Waals surface area (Å²) in [4.78, 5) is 25.1. The van der Waals surface area contributed by atoms with Gasteiger partial charge in [0, 0.05) is 26.4 Å². The Morgan fingerprint density at radius 3 is 2.06 bits per heavy atom. The quantitative estimate of drug-likeness (QED) is 0.129. The molecule has 1 atom stereocenters. The molecule has 2 N–H and O–H groups in total. The van der Waals surface area contributed by atoms with Crippen LogP contribution in [-0.4, -0.2) is 54.9 Å². The molecule has 0 aromatic rings. The number of hydrogen-bond acceptors (Lipinski definition) is 4. The van der Waals surface area contributed by atoms with E-state index in [1.807, 2.05) is 0 Å². The van der Waals surface area contributed by atoms with Gasteiger partial charge in [0.05, 0.1) is 0 Å². The number of nitrogens with zero attached hydrogens (tertiary/aromatic N) is 1. The van der Waals surface area contributed by atoms with Crippen LogP contribution >= 0.6 is 0 Å². The molecule has 6 heteroatoms. The van der Waals surface area contributed by atoms with Crippen LogP contribution in [0.3, 0.4) is 0 Å². The second-order valence-corrected chi connectivity index (χ2v) is 11.1. The van der Waals surface area contributed by atoms with Crippen LogP contribution in [-0.2, 0) is 9.53 Å². The van der Waals surface area contributed by atoms with Crippen LogP contribution in [0.1, 0.15) is 125 Å². The third-order valence-electron chi connectivity index (χ3n) is 9.17. The molecule has 0 saturated carbocycles. The Bertz CT molecular complexity index is 587. The minimum Gasteiger partial charge on any atom is -0.396 e. The second-order valence-electron chi connectivity index (χ2n) is 11.1. The predicted octanol–water partition coefficient (Wildman–Crippen LogP) is 6.70. The highest BCUT2D eigenvalue weighted by Crippen LogP contribution is 2.40. The lowest BCUT2D eigenvalue weighted by Gasteiger charge is -2.37. The lowest BCUT2D eigenvalue weighted by Crippen LogP contribution is -2.34. The Balaban J connectivity index is 2.34. The summed E-state index contributed by atoms with van der Waals surface area (Å²) in [5.74, 6) is 0.329. The van der Waals surface area contributed by atoms with Crippen molar-refractivity contribution in [3.63, 3.8) is 0 Å². The summed E-state index contributed by atoms with van der Waals surface area (Å²) in [5, 5.41) is 11.4. The molecule has 1 unspecified atom stereocenters. The Kier molecular flexibility index (Phi) is 15.8. The second kappa shape index (κ2) is 17.3. The molecule has 0 aromatic heterocycles. The summed E-state index contributed by atoms with van der Waals surface area (Å²) in [6.07, 6.45) is 16.0. The average molecular weight is 497 g/mol. The number of ether oxygens (including phenoxy) is 1. The van der Waals surface area contributed by atoms with E-state index in [4.69, 9.17) is 9.84 Å². The molecule has 1 saturated heterocycles. The number of aliphatic hydroxyl groups excluding tert-OH is 1. The highest BCUT2D eigenvalue weighted by atomic mass is 16.5. The van der Waals surface area contributed by atoms with E-state index >= 15 is 0 Å². The van der Waals surface area contributed by atoms with Crippen molar-refractivity contribution in [2.75, 3.05) is 32.9 Å². The standard InChI is InChI=1S/C29H56N2O4/c1-6-28(5,7-2)25(17-20-31-24-26(33)30-27(31)34)16-15-23-35-22-14-12-19-29(8-3,9-4)18-11-10-13-21-32/h25,32H,6-24H2,1-5H3,(H,30,33,34). The van der Waals surface area contributed by atoms with Gasteiger partial charge in [-0.15, -0.1) is 0 Å². The van der Waals surface area contributed by atoms with Gasteiger partial charge in [-0.25, -0.2) is 4.79 Å². The first kappa shape index (κ1) is 31.9. The van der Waals surface area contributed by atoms with Crippen LogP contribution in [0.15, 0.2) is 0 Å². The van der Waals surface area contributed by atoms with Gasteiger partial charge in [0.25, 0.3) is 0 Å². The van der Waals surface area contributed by atoms with Crippen molar-refractivity contribution in [2.24, 2.45) is 16.7 Å². The fraction of sp³-hybridized carbons (Fsp3) is 0.931. The molecule has 0 spiro atoms. The molecule has 206 valence electrons. The fourth-order valence-electron chi connectivity index (χ4n) is 5.75. The van der Waals surface area contributed by atoms with Crippen LogP contribution < -0.4 is 5.32 Å². The minimum atomic E-state index is -0.243. The predicted molar refractivity (Wildman–Crippen MR) is 144 cm³/mol. The summed E-state index contributed by atoms with van der Waals surface area (Å²) in [6.45, 7) is 14.4. The van der Waals surface area contributed by atoms with Crippen LogP contribution in [0, 0.1) is 16.7 Å². The molecular formula is C29H56N2O4. The van der Waals surface area contributed by atoms with Crippen LogP contribution in [0.2, 0.25) is 0 Å². The van der Waals surface area contributed by atoms with E-state index in [1.165, 1.54) is 38.5 Å². The van der Waals surface area contributed by atoms with Crippen molar-refractivity contribution in [3.05, 3.63) is 0 Å². The smallest absolute Gasteiger partial charge is 0.324 e. The number of imide groups is 1. The molecule has 0 radical (unpaired) electrons. The molecule has 1 fully saturated rings. The molecular weight excluding hydrogens is 440 g/mol. The number of nitrogens with one attached hydrogen (secondary N) is 1. The number of amides is 3. The number of rotatable bonds is 22. The number of carbonyl (C=O) groups is 2. The monoisotopic (exact) mass is 496 g/mol. The van der Waals surface area contributed by atoms with Crippen molar-refractivity contribution in [1.29, 1.82) is 0 Å². The lowest BCUT2D eigenvalue weighted by molar-refractivity contribution is -0.118. The van der Waals surface area contributed by atoms with Gasteiger partial charge in [0.2, 0.25) is 5.91 Å². The Morgan fingerprint density at radius 1 is 0.886 bits per heavy atom. The van der Waals surface area contributed by atoms with Gasteiger partial charge in [-0.1, -0.05) is 79.6 Å². The maximum absolute atomic E-state index is 11.9. The first-order valence-electron chi connectivity index (χ1n) is 14.6. The molecule has 1 heterocycles. The van der Waals surface area contributed by atoms with E-state index in [-0.39, 0.29) is 23.9 Å². The number of unbranched alkanes of at least 4 members (excludes halogenated alkanes) is 3. The van der Waals surface area contributed by atoms with Crippen molar-refractivity contribution in [3.8, 4) is 0 Å². The molecule has 35 heavy (non-hydrogen) atoms. The van der Waals surface area contributed by atoms with Gasteiger partial charge in [-0.2, -0.15) is 0 Å². The molecule has 3 amide bonds. The van der Waals surface area contributed by atoms with E-state index < -0.39 is 0 Å². The van der Waals surface area contributed by atoms with Crippen LogP contribution in [0.25, 0.3) is 0 Å². The van der Waals surface area contributed by atoms with Crippen molar-refractivity contribution < 1.29 is 19.4 Å². The summed E-state index contributed by atoms with van der Waals surface area (Å²) in [5.41, 5.74) is 0.714. The summed E-state index contributed by atoms with van der Waals surface area (Å²) < 4.78 is 6.02. The Morgan fingerprint density at radius 2 is 1.51 bits per heavy atom. The van der Waals surface area contributed by atoms with Crippen molar-refractivity contribution in [1.82, 2.24) is 10.2 Å². The maximum Gasteiger partial charge on any atom is 0.324 e. The van der Waals surface area contributed by atoms with Crippen LogP contribution in [0.5, 0.6) is 0 Å². The number of aliphatic hydroxyl groups is 1. The SMILES string of the molecule is CCC(CC)(CCCCCO)CCCCOCCCC(CCN1CC(=O)NC1=O)C(C)(CC)CC. The fourth-order valence-corrected chi connectivity index (χ4v) is 5.75. The minimum absolute atomic E-state index is 0.189. The van der Waals surface area contributed by atoms with E-state index in [0.29, 0.717) is 24.5 Å². The van der Waals surface area contributed by atoms with Gasteiger partial charge in [-0.05, 0) is 61.7 Å². The third-order valence-corrected chi connectivity index (χ3v) is 9.17. The normalized spacial score (nSPS) is 15.7. The Labute approximate surface area is 215 Å².